The molecule has 0 saturated carbocycles. The van der Waals surface area contributed by atoms with Gasteiger partial charge >= 0.3 is 0 Å². The lowest BCUT2D eigenvalue weighted by molar-refractivity contribution is 0.146. The first-order chi connectivity index (χ1) is 11.6. The first kappa shape index (κ1) is 17.7. The number of aromatic amines is 1. The molecule has 0 radical (unpaired) electrons. The summed E-state index contributed by atoms with van der Waals surface area (Å²) in [6, 6.07) is 0.724. The number of aryl methyl sites for hydroxylation is 1. The number of H-pyrrole nitrogens is 1. The highest BCUT2D eigenvalue weighted by molar-refractivity contribution is 5.03. The van der Waals surface area contributed by atoms with E-state index in [2.05, 4.69) is 52.8 Å². The zero-order valence-electron chi connectivity index (χ0n) is 15.7. The minimum atomic E-state index is 0.724. The Hall–Kier alpha value is -1.13. The summed E-state index contributed by atoms with van der Waals surface area (Å²) >= 11 is 0. The molecule has 0 aliphatic carbocycles. The van der Waals surface area contributed by atoms with Crippen LogP contribution in [0.5, 0.6) is 0 Å². The summed E-state index contributed by atoms with van der Waals surface area (Å²) in [5, 5.41) is 0. The van der Waals surface area contributed by atoms with Crippen molar-refractivity contribution in [2.75, 3.05) is 26.2 Å². The van der Waals surface area contributed by atoms with Crippen LogP contribution in [0.3, 0.4) is 0 Å². The number of hydrogen-bond donors (Lipinski definition) is 1. The number of fused-ring (bicyclic) bond motifs is 4. The van der Waals surface area contributed by atoms with E-state index >= 15 is 0 Å². The summed E-state index contributed by atoms with van der Waals surface area (Å²) in [5.74, 6) is 1.99. The number of nitrogens with zero attached hydrogens (tertiary/aromatic N) is 3. The van der Waals surface area contributed by atoms with Crippen LogP contribution in [-0.2, 0) is 13.0 Å². The van der Waals surface area contributed by atoms with Crippen LogP contribution in [0.2, 0.25) is 0 Å². The van der Waals surface area contributed by atoms with Gasteiger partial charge in [-0.25, -0.2) is 4.98 Å². The van der Waals surface area contributed by atoms with Gasteiger partial charge in [0.25, 0.3) is 0 Å². The lowest BCUT2D eigenvalue weighted by atomic mass is 9.95. The van der Waals surface area contributed by atoms with Crippen molar-refractivity contribution in [2.45, 2.75) is 65.5 Å². The highest BCUT2D eigenvalue weighted by atomic mass is 15.3. The van der Waals surface area contributed by atoms with Gasteiger partial charge in [0, 0.05) is 57.1 Å². The molecule has 1 aromatic rings. The maximum absolute atomic E-state index is 4.56. The zero-order valence-corrected chi connectivity index (χ0v) is 15.7. The number of rotatable bonds is 7. The number of unbranched alkanes of at least 4 members (excludes halogenated alkanes) is 1. The molecule has 3 fully saturated rings. The third-order valence-electron chi connectivity index (χ3n) is 5.48. The van der Waals surface area contributed by atoms with Crippen molar-refractivity contribution >= 4 is 0 Å². The SMILES string of the molecule is CCCCc1ncc(CN2C[C@H]3CC[C@@H](C2)N(CC=C(C)C)C3)[nH]1. The second-order valence-corrected chi connectivity index (χ2v) is 7.99. The Morgan fingerprint density at radius 2 is 2.17 bits per heavy atom. The molecule has 3 saturated heterocycles. The van der Waals surface area contributed by atoms with Crippen LogP contribution >= 0.6 is 0 Å². The molecule has 2 atom stereocenters. The van der Waals surface area contributed by atoms with E-state index in [9.17, 15) is 0 Å². The summed E-state index contributed by atoms with van der Waals surface area (Å²) in [4.78, 5) is 13.5. The van der Waals surface area contributed by atoms with Gasteiger partial charge in [-0.2, -0.15) is 0 Å². The fourth-order valence-electron chi connectivity index (χ4n) is 4.13. The van der Waals surface area contributed by atoms with E-state index in [0.717, 1.165) is 37.3 Å². The molecular weight excluding hydrogens is 296 g/mol. The van der Waals surface area contributed by atoms with Gasteiger partial charge in [-0.15, -0.1) is 0 Å². The summed E-state index contributed by atoms with van der Waals surface area (Å²) in [5.41, 5.74) is 2.72. The monoisotopic (exact) mass is 330 g/mol. The third-order valence-corrected chi connectivity index (χ3v) is 5.48. The van der Waals surface area contributed by atoms with Crippen LogP contribution in [0.25, 0.3) is 0 Å². The number of imidazole rings is 1. The molecule has 4 nitrogen and oxygen atoms in total. The first-order valence-electron chi connectivity index (χ1n) is 9.76. The van der Waals surface area contributed by atoms with Crippen LogP contribution in [0.15, 0.2) is 17.8 Å². The molecule has 0 aromatic carbocycles. The van der Waals surface area contributed by atoms with Gasteiger partial charge in [0.05, 0.1) is 0 Å². The van der Waals surface area contributed by atoms with E-state index in [1.165, 1.54) is 56.6 Å². The summed E-state index contributed by atoms with van der Waals surface area (Å²) in [6.45, 7) is 12.5. The molecule has 24 heavy (non-hydrogen) atoms. The van der Waals surface area contributed by atoms with Gasteiger partial charge in [0.2, 0.25) is 0 Å². The van der Waals surface area contributed by atoms with Gasteiger partial charge < -0.3 is 4.98 Å². The quantitative estimate of drug-likeness (QED) is 0.776. The van der Waals surface area contributed by atoms with Crippen LogP contribution < -0.4 is 0 Å². The standard InChI is InChI=1S/C20H34N4/c1-4-5-6-20-21-11-18(22-20)14-23-12-17-7-8-19(15-23)24(13-17)10-9-16(2)3/h9,11,17,19H,4-8,10,12-15H2,1-3H3,(H,21,22)/t17-,19+/m1/s1. The molecule has 1 aromatic heterocycles. The van der Waals surface area contributed by atoms with E-state index < -0.39 is 0 Å². The summed E-state index contributed by atoms with van der Waals surface area (Å²) < 4.78 is 0. The molecule has 4 rings (SSSR count). The molecule has 4 heterocycles. The van der Waals surface area contributed by atoms with E-state index in [-0.39, 0.29) is 0 Å². The zero-order chi connectivity index (χ0) is 16.9. The largest absolute Gasteiger partial charge is 0.345 e. The number of piperidine rings is 1. The lowest BCUT2D eigenvalue weighted by Crippen LogP contribution is -2.43. The highest BCUT2D eigenvalue weighted by Gasteiger charge is 2.34. The summed E-state index contributed by atoms with van der Waals surface area (Å²) in [7, 11) is 0. The first-order valence-corrected chi connectivity index (χ1v) is 9.76. The van der Waals surface area contributed by atoms with Gasteiger partial charge in [-0.05, 0) is 39.0 Å². The Kier molecular flexibility index (Phi) is 6.12. The molecule has 0 spiro atoms. The number of hydrogen-bond acceptors (Lipinski definition) is 3. The maximum atomic E-state index is 4.56. The van der Waals surface area contributed by atoms with Crippen LogP contribution in [0, 0.1) is 5.92 Å². The number of aromatic nitrogens is 2. The molecule has 3 aliphatic heterocycles. The fourth-order valence-corrected chi connectivity index (χ4v) is 4.13. The normalized spacial score (nSPS) is 25.0. The Labute approximate surface area is 147 Å². The molecule has 2 bridgehead atoms. The van der Waals surface area contributed by atoms with Crippen molar-refractivity contribution < 1.29 is 0 Å². The van der Waals surface area contributed by atoms with Gasteiger partial charge in [-0.1, -0.05) is 25.0 Å². The number of allylic oxidation sites excluding steroid dienone is 1. The second-order valence-electron chi connectivity index (χ2n) is 7.99. The predicted molar refractivity (Wildman–Crippen MR) is 100.0 cm³/mol. The Balaban J connectivity index is 1.58. The van der Waals surface area contributed by atoms with Crippen molar-refractivity contribution in [1.82, 2.24) is 19.8 Å². The minimum Gasteiger partial charge on any atom is -0.345 e. The molecule has 0 amide bonds. The van der Waals surface area contributed by atoms with Crippen LogP contribution in [0.4, 0.5) is 0 Å². The van der Waals surface area contributed by atoms with E-state index in [1.807, 2.05) is 0 Å². The minimum absolute atomic E-state index is 0.724. The number of nitrogens with one attached hydrogen (secondary N) is 1. The maximum Gasteiger partial charge on any atom is 0.106 e. The highest BCUT2D eigenvalue weighted by Crippen LogP contribution is 2.28. The Morgan fingerprint density at radius 3 is 2.96 bits per heavy atom. The van der Waals surface area contributed by atoms with Crippen molar-refractivity contribution in [3.8, 4) is 0 Å². The Morgan fingerprint density at radius 1 is 1.29 bits per heavy atom. The van der Waals surface area contributed by atoms with Gasteiger partial charge in [-0.3, -0.25) is 9.80 Å². The average molecular weight is 331 g/mol. The van der Waals surface area contributed by atoms with Crippen molar-refractivity contribution in [1.29, 1.82) is 0 Å². The van der Waals surface area contributed by atoms with Crippen molar-refractivity contribution in [3.05, 3.63) is 29.4 Å². The molecule has 1 N–H and O–H groups in total. The third kappa shape index (κ3) is 4.70. The van der Waals surface area contributed by atoms with Crippen LogP contribution in [0.1, 0.15) is 58.0 Å². The van der Waals surface area contributed by atoms with E-state index in [1.54, 1.807) is 0 Å². The lowest BCUT2D eigenvalue weighted by Gasteiger charge is -2.35. The Bertz CT molecular complexity index is 544. The average Bonchev–Trinajstić information content (AvgIpc) is 2.81. The predicted octanol–water partition coefficient (Wildman–Crippen LogP) is 3.61. The fraction of sp³-hybridized carbons (Fsp3) is 0.750. The summed E-state index contributed by atoms with van der Waals surface area (Å²) in [6.07, 6.45) is 10.7. The molecular formula is C20H34N4. The van der Waals surface area contributed by atoms with Gasteiger partial charge in [0.15, 0.2) is 0 Å². The smallest absolute Gasteiger partial charge is 0.106 e. The molecule has 134 valence electrons. The van der Waals surface area contributed by atoms with Crippen molar-refractivity contribution in [2.24, 2.45) is 5.92 Å². The van der Waals surface area contributed by atoms with Gasteiger partial charge in [0.1, 0.15) is 5.82 Å². The van der Waals surface area contributed by atoms with Crippen molar-refractivity contribution in [3.63, 3.8) is 0 Å². The molecule has 4 heteroatoms. The second kappa shape index (κ2) is 8.30. The van der Waals surface area contributed by atoms with E-state index in [0.29, 0.717) is 0 Å². The molecule has 0 unspecified atom stereocenters. The van der Waals surface area contributed by atoms with Crippen LogP contribution in [-0.4, -0.2) is 52.0 Å². The molecule has 3 aliphatic rings. The van der Waals surface area contributed by atoms with E-state index in [4.69, 9.17) is 0 Å². The topological polar surface area (TPSA) is 35.2 Å².